The molecule has 2 aromatic rings. The van der Waals surface area contributed by atoms with Crippen LogP contribution in [0, 0.1) is 0 Å². The molecule has 4 bridgehead atoms. The van der Waals surface area contributed by atoms with Crippen molar-refractivity contribution in [2.24, 2.45) is 0 Å². The molecule has 44 heavy (non-hydrogen) atoms. The van der Waals surface area contributed by atoms with Gasteiger partial charge in [-0.25, -0.2) is 4.79 Å². The molecule has 4 aliphatic rings. The van der Waals surface area contributed by atoms with E-state index in [1.54, 1.807) is 29.2 Å². The SMILES string of the molecule is CN1[C@@H]2CC[C@H]1CC(OS(C)(=O)=O)C2.C[NH+]1[C@@H]2CC[C@H]1CC(Sc1cccc(C(=O)[O-])c1)C2.O=C(O)c1cccc(S)c1.[H-].[Na+]. The maximum absolute atomic E-state index is 11.0. The Morgan fingerprint density at radius 1 is 1.00 bits per heavy atom. The Morgan fingerprint density at radius 2 is 1.57 bits per heavy atom. The number of carbonyl (C=O) groups is 2. The molecular formula is C31H43N2NaO7S3. The maximum atomic E-state index is 11.0. The molecule has 4 aliphatic heterocycles. The number of nitrogens with one attached hydrogen (secondary N) is 1. The zero-order chi connectivity index (χ0) is 31.3. The molecule has 0 radical (unpaired) electrons. The van der Waals surface area contributed by atoms with E-state index in [2.05, 4.69) is 31.6 Å². The van der Waals surface area contributed by atoms with Gasteiger partial charge in [0.05, 0.1) is 43.0 Å². The van der Waals surface area contributed by atoms with Crippen LogP contribution < -0.4 is 39.6 Å². The number of carbonyl (C=O) groups excluding carboxylic acids is 1. The number of thiol groups is 1. The molecule has 9 nitrogen and oxygen atoms in total. The summed E-state index contributed by atoms with van der Waals surface area (Å²) in [7, 11) is 1.16. The van der Waals surface area contributed by atoms with Crippen LogP contribution in [0.2, 0.25) is 0 Å². The largest absolute Gasteiger partial charge is 1.00 e. The number of benzene rings is 2. The third kappa shape index (κ3) is 10.7. The molecule has 3 unspecified atom stereocenters. The Hall–Kier alpha value is -1.09. The molecule has 0 amide bonds. The average Bonchev–Trinajstić information content (AvgIpc) is 3.25. The predicted molar refractivity (Wildman–Crippen MR) is 169 cm³/mol. The molecule has 2 N–H and O–H groups in total. The molecule has 0 spiro atoms. The van der Waals surface area contributed by atoms with Crippen molar-refractivity contribution in [3.63, 3.8) is 0 Å². The fraction of sp³-hybridized carbons (Fsp3) is 0.548. The molecular weight excluding hydrogens is 632 g/mol. The molecule has 6 rings (SSSR count). The predicted octanol–water partition coefficient (Wildman–Crippen LogP) is -0.272. The Balaban J connectivity index is 0.000000242. The minimum Gasteiger partial charge on any atom is -1.00 e. The number of nitrogens with zero attached hydrogens (tertiary/aromatic N) is 1. The van der Waals surface area contributed by atoms with E-state index in [1.165, 1.54) is 50.7 Å². The number of hydrogen-bond acceptors (Lipinski definition) is 9. The number of fused-ring (bicyclic) bond motifs is 4. The molecule has 4 fully saturated rings. The third-order valence-electron chi connectivity index (χ3n) is 9.08. The van der Waals surface area contributed by atoms with Gasteiger partial charge in [-0.15, -0.1) is 24.4 Å². The van der Waals surface area contributed by atoms with E-state index in [0.717, 1.165) is 36.1 Å². The van der Waals surface area contributed by atoms with Crippen LogP contribution in [0.15, 0.2) is 58.3 Å². The number of carboxylic acid groups (broad SMARTS) is 2. The van der Waals surface area contributed by atoms with Crippen LogP contribution in [0.3, 0.4) is 0 Å². The summed E-state index contributed by atoms with van der Waals surface area (Å²) in [5.41, 5.74) is 0.555. The number of carboxylic acids is 2. The summed E-state index contributed by atoms with van der Waals surface area (Å²) >= 11 is 5.83. The number of thioether (sulfide) groups is 1. The molecule has 4 heterocycles. The first-order valence-corrected chi connectivity index (χ1v) is 17.9. The van der Waals surface area contributed by atoms with Crippen molar-refractivity contribution in [1.82, 2.24) is 4.90 Å². The Bertz CT molecular complexity index is 1370. The van der Waals surface area contributed by atoms with Crippen LogP contribution in [0.5, 0.6) is 0 Å². The molecule has 0 aromatic heterocycles. The fourth-order valence-corrected chi connectivity index (χ4v) is 9.11. The van der Waals surface area contributed by atoms with Crippen LogP contribution in [-0.2, 0) is 14.3 Å². The molecule has 238 valence electrons. The Kier molecular flexibility index (Phi) is 14.1. The van der Waals surface area contributed by atoms with Crippen molar-refractivity contribution in [2.75, 3.05) is 20.4 Å². The second-order valence-corrected chi connectivity index (χ2v) is 15.5. The van der Waals surface area contributed by atoms with Gasteiger partial charge in [-0.3, -0.25) is 4.18 Å². The number of hydrogen-bond donors (Lipinski definition) is 3. The minimum absolute atomic E-state index is 0. The van der Waals surface area contributed by atoms with E-state index < -0.39 is 22.1 Å². The van der Waals surface area contributed by atoms with Gasteiger partial charge in [0.2, 0.25) is 0 Å². The van der Waals surface area contributed by atoms with Crippen LogP contribution in [0.25, 0.3) is 0 Å². The molecule has 4 saturated heterocycles. The average molecular weight is 675 g/mol. The van der Waals surface area contributed by atoms with Gasteiger partial charge in [0, 0.05) is 52.8 Å². The van der Waals surface area contributed by atoms with E-state index in [0.29, 0.717) is 22.2 Å². The summed E-state index contributed by atoms with van der Waals surface area (Å²) in [4.78, 5) is 27.0. The number of aromatic carboxylic acids is 2. The van der Waals surface area contributed by atoms with Crippen LogP contribution in [-0.4, -0.2) is 86.2 Å². The molecule has 7 atom stereocenters. The summed E-state index contributed by atoms with van der Waals surface area (Å²) in [5.74, 6) is -2.01. The van der Waals surface area contributed by atoms with Gasteiger partial charge in [-0.1, -0.05) is 18.2 Å². The van der Waals surface area contributed by atoms with Crippen molar-refractivity contribution in [3.8, 4) is 0 Å². The molecule has 2 aromatic carbocycles. The molecule has 13 heteroatoms. The van der Waals surface area contributed by atoms with Crippen molar-refractivity contribution in [2.45, 2.75) is 96.7 Å². The van der Waals surface area contributed by atoms with E-state index in [1.807, 2.05) is 23.9 Å². The van der Waals surface area contributed by atoms with Gasteiger partial charge in [-0.2, -0.15) is 8.42 Å². The zero-order valence-electron chi connectivity index (χ0n) is 26.8. The number of quaternary nitrogens is 1. The summed E-state index contributed by atoms with van der Waals surface area (Å²) < 4.78 is 27.0. The summed E-state index contributed by atoms with van der Waals surface area (Å²) in [6.07, 6.45) is 10.4. The third-order valence-corrected chi connectivity index (χ3v) is 11.2. The van der Waals surface area contributed by atoms with Gasteiger partial charge < -0.3 is 26.2 Å². The standard InChI is InChI=1S/C15H19NO2S.C9H17NO3S.C7H6O2S.Na.H/c1-16-11-5-6-12(16)9-14(8-11)19-13-4-2-3-10(7-13)15(17)18;1-10-7-3-4-8(10)6-9(5-7)13-14(2,11)12;8-7(9)5-2-1-3-6(10)4-5;;/h2-4,7,11-12,14H,5-6,8-9H2,1H3,(H,17,18);7-9H,3-6H2,1-2H3;1-4,10H,(H,8,9);;/q;;;+1;-1/t11-,12+,14?;7-,8+,9?;;;. The van der Waals surface area contributed by atoms with Crippen molar-refractivity contribution < 1.29 is 68.3 Å². The maximum Gasteiger partial charge on any atom is 1.00 e. The quantitative estimate of drug-likeness (QED) is 0.216. The zero-order valence-corrected chi connectivity index (χ0v) is 30.4. The second kappa shape index (κ2) is 16.6. The second-order valence-electron chi connectivity index (χ2n) is 12.0. The van der Waals surface area contributed by atoms with E-state index in [4.69, 9.17) is 9.29 Å². The summed E-state index contributed by atoms with van der Waals surface area (Å²) in [6, 6.07) is 16.2. The molecule has 0 aliphatic carbocycles. The van der Waals surface area contributed by atoms with E-state index >= 15 is 0 Å². The Morgan fingerprint density at radius 3 is 2.07 bits per heavy atom. The molecule has 0 saturated carbocycles. The first kappa shape index (κ1) is 37.4. The smallest absolute Gasteiger partial charge is 1.00 e. The first-order valence-electron chi connectivity index (χ1n) is 14.7. The normalized spacial score (nSPS) is 28.9. The summed E-state index contributed by atoms with van der Waals surface area (Å²) in [5, 5.41) is 20.0. The topological polar surface area (TPSA) is 128 Å². The van der Waals surface area contributed by atoms with Gasteiger partial charge >= 0.3 is 35.5 Å². The van der Waals surface area contributed by atoms with Crippen LogP contribution in [0.4, 0.5) is 0 Å². The van der Waals surface area contributed by atoms with Crippen LogP contribution in [0.1, 0.15) is 73.5 Å². The number of rotatable bonds is 6. The summed E-state index contributed by atoms with van der Waals surface area (Å²) in [6.45, 7) is 0. The fourth-order valence-electron chi connectivity index (χ4n) is 6.84. The van der Waals surface area contributed by atoms with Gasteiger partial charge in [0.15, 0.2) is 0 Å². The van der Waals surface area contributed by atoms with Gasteiger partial charge in [0.1, 0.15) is 0 Å². The van der Waals surface area contributed by atoms with E-state index in [9.17, 15) is 23.1 Å². The van der Waals surface area contributed by atoms with Crippen LogP contribution >= 0.6 is 24.4 Å². The van der Waals surface area contributed by atoms with E-state index in [-0.39, 0.29) is 48.2 Å². The first-order chi connectivity index (χ1) is 20.3. The van der Waals surface area contributed by atoms with Gasteiger partial charge in [-0.05, 0) is 68.6 Å². The minimum atomic E-state index is -3.28. The number of piperidine rings is 2. The Labute approximate surface area is 294 Å². The van der Waals surface area contributed by atoms with Crippen molar-refractivity contribution in [1.29, 1.82) is 0 Å². The van der Waals surface area contributed by atoms with Gasteiger partial charge in [0.25, 0.3) is 10.1 Å². The van der Waals surface area contributed by atoms with Crippen molar-refractivity contribution in [3.05, 3.63) is 59.7 Å². The van der Waals surface area contributed by atoms with Crippen molar-refractivity contribution >= 4 is 46.4 Å². The monoisotopic (exact) mass is 674 g/mol.